The van der Waals surface area contributed by atoms with Gasteiger partial charge in [-0.2, -0.15) is 0 Å². The minimum atomic E-state index is -0.0942. The number of ether oxygens (including phenoxy) is 3. The predicted molar refractivity (Wildman–Crippen MR) is 97.5 cm³/mol. The molecule has 0 aliphatic carbocycles. The molecule has 0 saturated carbocycles. The molecule has 6 heteroatoms. The Labute approximate surface area is 148 Å². The maximum Gasteiger partial charge on any atom is 0.238 e. The molecule has 0 fully saturated rings. The second-order valence-electron chi connectivity index (χ2n) is 5.64. The third-order valence-corrected chi connectivity index (χ3v) is 3.69. The molecule has 134 valence electrons. The van der Waals surface area contributed by atoms with Crippen LogP contribution in [0.2, 0.25) is 0 Å². The summed E-state index contributed by atoms with van der Waals surface area (Å²) in [5.41, 5.74) is 1.78. The van der Waals surface area contributed by atoms with Crippen LogP contribution in [0.1, 0.15) is 5.56 Å². The molecular formula is C19H24N2O4. The number of amides is 1. The van der Waals surface area contributed by atoms with Gasteiger partial charge < -0.3 is 19.5 Å². The molecule has 0 heterocycles. The molecule has 6 nitrogen and oxygen atoms in total. The second kappa shape index (κ2) is 8.94. The molecule has 0 saturated heterocycles. The van der Waals surface area contributed by atoms with E-state index < -0.39 is 0 Å². The van der Waals surface area contributed by atoms with Crippen LogP contribution < -0.4 is 19.5 Å². The van der Waals surface area contributed by atoms with E-state index >= 15 is 0 Å². The lowest BCUT2D eigenvalue weighted by Gasteiger charge is -2.17. The summed E-state index contributed by atoms with van der Waals surface area (Å²) in [6.07, 6.45) is 0. The van der Waals surface area contributed by atoms with E-state index in [0.29, 0.717) is 23.7 Å². The first-order valence-electron chi connectivity index (χ1n) is 7.89. The van der Waals surface area contributed by atoms with Gasteiger partial charge >= 0.3 is 0 Å². The van der Waals surface area contributed by atoms with Crippen molar-refractivity contribution in [3.63, 3.8) is 0 Å². The van der Waals surface area contributed by atoms with Crippen molar-refractivity contribution < 1.29 is 19.0 Å². The van der Waals surface area contributed by atoms with Crippen LogP contribution in [0.3, 0.4) is 0 Å². The van der Waals surface area contributed by atoms with Crippen LogP contribution in [0.15, 0.2) is 42.5 Å². The number of rotatable bonds is 8. The van der Waals surface area contributed by atoms with Gasteiger partial charge in [0.25, 0.3) is 0 Å². The van der Waals surface area contributed by atoms with Crippen LogP contribution in [0.25, 0.3) is 0 Å². The lowest BCUT2D eigenvalue weighted by atomic mass is 10.2. The van der Waals surface area contributed by atoms with E-state index in [0.717, 1.165) is 11.3 Å². The first-order valence-corrected chi connectivity index (χ1v) is 7.89. The van der Waals surface area contributed by atoms with Crippen molar-refractivity contribution in [2.75, 3.05) is 40.2 Å². The Morgan fingerprint density at radius 3 is 2.24 bits per heavy atom. The molecule has 2 aromatic rings. The third kappa shape index (κ3) is 5.39. The number of carbonyl (C=O) groups excluding carboxylic acids is 1. The number of benzene rings is 2. The molecule has 1 N–H and O–H groups in total. The molecule has 2 rings (SSSR count). The van der Waals surface area contributed by atoms with Gasteiger partial charge in [0, 0.05) is 18.3 Å². The summed E-state index contributed by atoms with van der Waals surface area (Å²) in [7, 11) is 6.67. The molecule has 0 atom stereocenters. The number of nitrogens with one attached hydrogen (secondary N) is 1. The molecule has 0 spiro atoms. The number of anilines is 1. The fourth-order valence-corrected chi connectivity index (χ4v) is 2.46. The van der Waals surface area contributed by atoms with E-state index in [4.69, 9.17) is 14.2 Å². The first-order chi connectivity index (χ1) is 12.0. The Morgan fingerprint density at radius 1 is 0.960 bits per heavy atom. The summed E-state index contributed by atoms with van der Waals surface area (Å²) in [4.78, 5) is 14.2. The normalized spacial score (nSPS) is 10.4. The number of nitrogens with zero attached hydrogens (tertiary/aromatic N) is 1. The molecule has 25 heavy (non-hydrogen) atoms. The summed E-state index contributed by atoms with van der Waals surface area (Å²) in [5.74, 6) is 1.92. The third-order valence-electron chi connectivity index (χ3n) is 3.69. The Bertz CT molecular complexity index is 701. The van der Waals surface area contributed by atoms with Crippen LogP contribution >= 0.6 is 0 Å². The van der Waals surface area contributed by atoms with Gasteiger partial charge in [-0.1, -0.05) is 12.1 Å². The Morgan fingerprint density at radius 2 is 1.64 bits per heavy atom. The highest BCUT2D eigenvalue weighted by Gasteiger charge is 2.10. The van der Waals surface area contributed by atoms with Gasteiger partial charge in [-0.05, 0) is 36.9 Å². The van der Waals surface area contributed by atoms with Crippen LogP contribution in [-0.4, -0.2) is 45.7 Å². The zero-order valence-electron chi connectivity index (χ0n) is 15.0. The topological polar surface area (TPSA) is 60.0 Å². The van der Waals surface area contributed by atoms with Crippen molar-refractivity contribution in [1.82, 2.24) is 4.90 Å². The van der Waals surface area contributed by atoms with Crippen LogP contribution in [0.5, 0.6) is 17.2 Å². The predicted octanol–water partition coefficient (Wildman–Crippen LogP) is 2.78. The summed E-state index contributed by atoms with van der Waals surface area (Å²) in [6, 6.07) is 13.1. The molecular weight excluding hydrogens is 320 g/mol. The molecule has 1 amide bonds. The highest BCUT2D eigenvalue weighted by Crippen LogP contribution is 2.29. The molecule has 0 unspecified atom stereocenters. The van der Waals surface area contributed by atoms with Crippen LogP contribution in [-0.2, 0) is 11.3 Å². The van der Waals surface area contributed by atoms with E-state index in [1.807, 2.05) is 36.2 Å². The number of likely N-dealkylation sites (N-methyl/N-ethyl adjacent to an activating group) is 1. The molecule has 0 radical (unpaired) electrons. The maximum absolute atomic E-state index is 12.2. The zero-order valence-corrected chi connectivity index (χ0v) is 15.0. The summed E-state index contributed by atoms with van der Waals surface area (Å²) in [5, 5.41) is 2.87. The second-order valence-corrected chi connectivity index (χ2v) is 5.64. The van der Waals surface area contributed by atoms with Gasteiger partial charge in [-0.3, -0.25) is 9.69 Å². The van der Waals surface area contributed by atoms with E-state index in [2.05, 4.69) is 5.32 Å². The molecule has 0 aliphatic rings. The Balaban J connectivity index is 1.90. The molecule has 0 aromatic heterocycles. The molecule has 0 aliphatic heterocycles. The Kier molecular flexibility index (Phi) is 6.65. The average molecular weight is 344 g/mol. The molecule has 0 bridgehead atoms. The Hall–Kier alpha value is -2.73. The fraction of sp³-hybridized carbons (Fsp3) is 0.316. The van der Waals surface area contributed by atoms with E-state index in [-0.39, 0.29) is 12.5 Å². The zero-order chi connectivity index (χ0) is 18.2. The van der Waals surface area contributed by atoms with Crippen molar-refractivity contribution in [2.45, 2.75) is 6.54 Å². The lowest BCUT2D eigenvalue weighted by Crippen LogP contribution is -2.29. The highest BCUT2D eigenvalue weighted by molar-refractivity contribution is 5.92. The maximum atomic E-state index is 12.2. The van der Waals surface area contributed by atoms with Crippen molar-refractivity contribution in [3.05, 3.63) is 48.0 Å². The van der Waals surface area contributed by atoms with E-state index in [1.165, 1.54) is 0 Å². The van der Waals surface area contributed by atoms with Gasteiger partial charge in [-0.25, -0.2) is 0 Å². The summed E-state index contributed by atoms with van der Waals surface area (Å²) in [6.45, 7) is 0.948. The highest BCUT2D eigenvalue weighted by atomic mass is 16.5. The average Bonchev–Trinajstić information content (AvgIpc) is 2.62. The van der Waals surface area contributed by atoms with Gasteiger partial charge in [0.15, 0.2) is 11.5 Å². The van der Waals surface area contributed by atoms with Gasteiger partial charge in [-0.15, -0.1) is 0 Å². The number of methoxy groups -OCH3 is 3. The van der Waals surface area contributed by atoms with E-state index in [1.54, 1.807) is 39.5 Å². The van der Waals surface area contributed by atoms with Gasteiger partial charge in [0.1, 0.15) is 5.75 Å². The largest absolute Gasteiger partial charge is 0.497 e. The summed E-state index contributed by atoms with van der Waals surface area (Å²) >= 11 is 0. The van der Waals surface area contributed by atoms with Crippen molar-refractivity contribution in [3.8, 4) is 17.2 Å². The van der Waals surface area contributed by atoms with Crippen molar-refractivity contribution >= 4 is 11.6 Å². The van der Waals surface area contributed by atoms with Crippen molar-refractivity contribution in [1.29, 1.82) is 0 Å². The van der Waals surface area contributed by atoms with Crippen molar-refractivity contribution in [2.24, 2.45) is 0 Å². The smallest absolute Gasteiger partial charge is 0.238 e. The number of carbonyl (C=O) groups is 1. The minimum Gasteiger partial charge on any atom is -0.497 e. The quantitative estimate of drug-likeness (QED) is 0.798. The number of hydrogen-bond donors (Lipinski definition) is 1. The van der Waals surface area contributed by atoms with Gasteiger partial charge in [0.05, 0.1) is 27.9 Å². The van der Waals surface area contributed by atoms with Crippen LogP contribution in [0.4, 0.5) is 5.69 Å². The summed E-state index contributed by atoms with van der Waals surface area (Å²) < 4.78 is 15.6. The first kappa shape index (κ1) is 18.6. The standard InChI is InChI=1S/C19H24N2O4/c1-21(12-14-5-8-16(23-2)9-6-14)13-19(22)20-15-7-10-17(24-3)18(11-15)25-4/h5-11H,12-13H2,1-4H3,(H,20,22). The molecule has 2 aromatic carbocycles. The van der Waals surface area contributed by atoms with E-state index in [9.17, 15) is 4.79 Å². The fourth-order valence-electron chi connectivity index (χ4n) is 2.46. The minimum absolute atomic E-state index is 0.0942. The van der Waals surface area contributed by atoms with Crippen LogP contribution in [0, 0.1) is 0 Å². The number of hydrogen-bond acceptors (Lipinski definition) is 5. The lowest BCUT2D eigenvalue weighted by molar-refractivity contribution is -0.117. The monoisotopic (exact) mass is 344 g/mol. The SMILES string of the molecule is COc1ccc(CN(C)CC(=O)Nc2ccc(OC)c(OC)c2)cc1. The van der Waals surface area contributed by atoms with Gasteiger partial charge in [0.2, 0.25) is 5.91 Å².